The Labute approximate surface area is 91.5 Å². The predicted octanol–water partition coefficient (Wildman–Crippen LogP) is 1.59. The second-order valence-electron chi connectivity index (χ2n) is 4.08. The quantitative estimate of drug-likeness (QED) is 0.753. The van der Waals surface area contributed by atoms with Crippen LogP contribution in [0.3, 0.4) is 0 Å². The monoisotopic (exact) mass is 203 g/mol. The molecule has 0 aromatic heterocycles. The first-order valence-corrected chi connectivity index (χ1v) is 5.59. The highest BCUT2D eigenvalue weighted by Crippen LogP contribution is 2.35. The molecule has 1 aliphatic heterocycles. The van der Waals surface area contributed by atoms with Crippen LogP contribution >= 0.6 is 0 Å². The summed E-state index contributed by atoms with van der Waals surface area (Å²) in [7, 11) is 1.15. The van der Waals surface area contributed by atoms with Crippen LogP contribution in [0.15, 0.2) is 18.2 Å². The van der Waals surface area contributed by atoms with E-state index in [1.807, 2.05) is 18.2 Å². The van der Waals surface area contributed by atoms with Gasteiger partial charge in [0, 0.05) is 11.5 Å². The summed E-state index contributed by atoms with van der Waals surface area (Å²) in [6, 6.07) is 5.85. The summed E-state index contributed by atoms with van der Waals surface area (Å²) in [5.74, 6) is 1.50. The van der Waals surface area contributed by atoms with Gasteiger partial charge in [0.2, 0.25) is 0 Å². The highest BCUT2D eigenvalue weighted by molar-refractivity contribution is 6.45. The van der Waals surface area contributed by atoms with Gasteiger partial charge in [-0.15, -0.1) is 0 Å². The third kappa shape index (κ3) is 2.18. The number of hydrogen-bond donors (Lipinski definition) is 1. The molecule has 15 heavy (non-hydrogen) atoms. The van der Waals surface area contributed by atoms with Crippen LogP contribution in [0.2, 0.25) is 0 Å². The first kappa shape index (κ1) is 10.6. The average molecular weight is 203 g/mol. The molecule has 1 unspecified atom stereocenters. The van der Waals surface area contributed by atoms with E-state index in [2.05, 4.69) is 6.92 Å². The van der Waals surface area contributed by atoms with E-state index >= 15 is 0 Å². The summed E-state index contributed by atoms with van der Waals surface area (Å²) < 4.78 is 5.61. The van der Waals surface area contributed by atoms with Crippen LogP contribution in [-0.2, 0) is 0 Å². The molecule has 0 amide bonds. The number of hydrogen-bond acceptors (Lipinski definition) is 2. The van der Waals surface area contributed by atoms with E-state index in [9.17, 15) is 0 Å². The van der Waals surface area contributed by atoms with Crippen LogP contribution in [0.25, 0.3) is 0 Å². The molecule has 0 saturated heterocycles. The Bertz CT molecular complexity index is 338. The SMILES string of the molecule is CCCCC1COc2ccc([B]O)cc21. The summed E-state index contributed by atoms with van der Waals surface area (Å²) >= 11 is 0. The first-order chi connectivity index (χ1) is 7.35. The number of rotatable bonds is 4. The van der Waals surface area contributed by atoms with Gasteiger partial charge in [0.25, 0.3) is 0 Å². The zero-order valence-electron chi connectivity index (χ0n) is 9.07. The summed E-state index contributed by atoms with van der Waals surface area (Å²) in [6.45, 7) is 3.00. The molecular formula is C12H16BO2. The molecule has 1 radical (unpaired) electrons. The Morgan fingerprint density at radius 2 is 2.40 bits per heavy atom. The maximum Gasteiger partial charge on any atom is 0.326 e. The molecule has 1 aromatic carbocycles. The van der Waals surface area contributed by atoms with E-state index in [1.165, 1.54) is 24.8 Å². The normalized spacial score (nSPS) is 18.4. The lowest BCUT2D eigenvalue weighted by Crippen LogP contribution is -2.13. The molecule has 1 N–H and O–H groups in total. The number of fused-ring (bicyclic) bond motifs is 1. The lowest BCUT2D eigenvalue weighted by atomic mass is 9.84. The molecule has 0 saturated carbocycles. The molecule has 79 valence electrons. The van der Waals surface area contributed by atoms with Crippen molar-refractivity contribution in [2.75, 3.05) is 6.61 Å². The van der Waals surface area contributed by atoms with Crippen LogP contribution < -0.4 is 10.2 Å². The second-order valence-corrected chi connectivity index (χ2v) is 4.08. The van der Waals surface area contributed by atoms with Gasteiger partial charge in [-0.1, -0.05) is 37.4 Å². The molecule has 3 heteroatoms. The van der Waals surface area contributed by atoms with Gasteiger partial charge in [0.15, 0.2) is 0 Å². The van der Waals surface area contributed by atoms with E-state index in [1.54, 1.807) is 0 Å². The molecule has 1 aromatic rings. The third-order valence-corrected chi connectivity index (χ3v) is 2.97. The summed E-state index contributed by atoms with van der Waals surface area (Å²) in [5.41, 5.74) is 2.12. The van der Waals surface area contributed by atoms with Crippen molar-refractivity contribution in [3.63, 3.8) is 0 Å². The lowest BCUT2D eigenvalue weighted by molar-refractivity contribution is 0.323. The van der Waals surface area contributed by atoms with E-state index < -0.39 is 0 Å². The van der Waals surface area contributed by atoms with Crippen molar-refractivity contribution in [2.45, 2.75) is 32.1 Å². The standard InChI is InChI=1S/C12H16BO2/c1-2-3-4-9-8-15-12-6-5-10(13-14)7-11(9)12/h5-7,9,14H,2-4,8H2,1H3. The van der Waals surface area contributed by atoms with Crippen molar-refractivity contribution in [3.8, 4) is 5.75 Å². The second kappa shape index (κ2) is 4.71. The predicted molar refractivity (Wildman–Crippen MR) is 61.8 cm³/mol. The minimum absolute atomic E-state index is 0.514. The Morgan fingerprint density at radius 3 is 3.13 bits per heavy atom. The van der Waals surface area contributed by atoms with Gasteiger partial charge in [-0.25, -0.2) is 0 Å². The average Bonchev–Trinajstić information content (AvgIpc) is 2.68. The fourth-order valence-electron chi connectivity index (χ4n) is 2.07. The van der Waals surface area contributed by atoms with Gasteiger partial charge in [0.1, 0.15) is 5.75 Å². The lowest BCUT2D eigenvalue weighted by Gasteiger charge is -2.07. The van der Waals surface area contributed by atoms with Crippen LogP contribution in [0.5, 0.6) is 5.75 Å². The highest BCUT2D eigenvalue weighted by atomic mass is 16.5. The molecule has 2 nitrogen and oxygen atoms in total. The van der Waals surface area contributed by atoms with Crippen LogP contribution in [-0.4, -0.2) is 19.1 Å². The number of unbranched alkanes of at least 4 members (excludes halogenated alkanes) is 1. The smallest absolute Gasteiger partial charge is 0.326 e. The van der Waals surface area contributed by atoms with Gasteiger partial charge in [-0.3, -0.25) is 0 Å². The van der Waals surface area contributed by atoms with Crippen LogP contribution in [0, 0.1) is 0 Å². The Balaban J connectivity index is 2.16. The van der Waals surface area contributed by atoms with Crippen molar-refractivity contribution < 1.29 is 9.76 Å². The summed E-state index contributed by atoms with van der Waals surface area (Å²) in [4.78, 5) is 0. The molecule has 2 rings (SSSR count). The zero-order chi connectivity index (χ0) is 10.7. The molecule has 0 bridgehead atoms. The number of benzene rings is 1. The minimum atomic E-state index is 0.514. The minimum Gasteiger partial charge on any atom is -0.493 e. The van der Waals surface area contributed by atoms with Crippen molar-refractivity contribution in [1.82, 2.24) is 0 Å². The van der Waals surface area contributed by atoms with Gasteiger partial charge >= 0.3 is 7.48 Å². The Hall–Kier alpha value is -0.955. The van der Waals surface area contributed by atoms with Crippen LogP contribution in [0.4, 0.5) is 0 Å². The van der Waals surface area contributed by atoms with Crippen molar-refractivity contribution in [2.24, 2.45) is 0 Å². The Morgan fingerprint density at radius 1 is 1.53 bits per heavy atom. The van der Waals surface area contributed by atoms with E-state index in [-0.39, 0.29) is 0 Å². The van der Waals surface area contributed by atoms with Crippen molar-refractivity contribution in [1.29, 1.82) is 0 Å². The fourth-order valence-corrected chi connectivity index (χ4v) is 2.07. The van der Waals surface area contributed by atoms with Crippen LogP contribution in [0.1, 0.15) is 37.7 Å². The molecule has 1 heterocycles. The van der Waals surface area contributed by atoms with Gasteiger partial charge in [0.05, 0.1) is 6.61 Å². The third-order valence-electron chi connectivity index (χ3n) is 2.97. The summed E-state index contributed by atoms with van der Waals surface area (Å²) in [5, 5.41) is 8.97. The molecular weight excluding hydrogens is 187 g/mol. The van der Waals surface area contributed by atoms with Gasteiger partial charge in [-0.05, 0) is 12.5 Å². The van der Waals surface area contributed by atoms with Gasteiger partial charge < -0.3 is 9.76 Å². The van der Waals surface area contributed by atoms with Crippen molar-refractivity contribution in [3.05, 3.63) is 23.8 Å². The maximum atomic E-state index is 8.97. The van der Waals surface area contributed by atoms with E-state index in [4.69, 9.17) is 9.76 Å². The van der Waals surface area contributed by atoms with Crippen molar-refractivity contribution >= 4 is 12.9 Å². The van der Waals surface area contributed by atoms with E-state index in [0.29, 0.717) is 5.92 Å². The summed E-state index contributed by atoms with van der Waals surface area (Å²) in [6.07, 6.45) is 3.64. The highest BCUT2D eigenvalue weighted by Gasteiger charge is 2.23. The largest absolute Gasteiger partial charge is 0.493 e. The zero-order valence-corrected chi connectivity index (χ0v) is 9.07. The molecule has 0 spiro atoms. The number of ether oxygens (including phenoxy) is 1. The van der Waals surface area contributed by atoms with Gasteiger partial charge in [-0.2, -0.15) is 0 Å². The fraction of sp³-hybridized carbons (Fsp3) is 0.500. The molecule has 0 fully saturated rings. The molecule has 1 aliphatic rings. The molecule has 1 atom stereocenters. The topological polar surface area (TPSA) is 29.5 Å². The first-order valence-electron chi connectivity index (χ1n) is 5.59. The Kier molecular flexibility index (Phi) is 3.32. The maximum absolute atomic E-state index is 8.97. The molecule has 0 aliphatic carbocycles. The van der Waals surface area contributed by atoms with E-state index in [0.717, 1.165) is 25.3 Å².